The summed E-state index contributed by atoms with van der Waals surface area (Å²) in [6.45, 7) is 1.85. The highest BCUT2D eigenvalue weighted by Crippen LogP contribution is 2.18. The van der Waals surface area contributed by atoms with Crippen molar-refractivity contribution >= 4 is 28.2 Å². The average Bonchev–Trinajstić information content (AvgIpc) is 3.01. The first-order valence-electron chi connectivity index (χ1n) is 7.87. The number of anilines is 1. The monoisotopic (exact) mass is 320 g/mol. The van der Waals surface area contributed by atoms with Crippen LogP contribution in [-0.2, 0) is 11.2 Å². The maximum absolute atomic E-state index is 12.0. The number of nitrogen functional groups attached to an aromatic ring is 1. The van der Waals surface area contributed by atoms with E-state index in [1.54, 1.807) is 0 Å². The molecule has 0 spiro atoms. The lowest BCUT2D eigenvalue weighted by atomic mass is 10.1. The molecule has 0 unspecified atom stereocenters. The maximum atomic E-state index is 12.0. The predicted octanol–water partition coefficient (Wildman–Crippen LogP) is 3.22. The number of H-pyrrole nitrogens is 1. The van der Waals surface area contributed by atoms with Crippen LogP contribution in [0.15, 0.2) is 59.8 Å². The molecule has 24 heavy (non-hydrogen) atoms. The molecule has 4 N–H and O–H groups in total. The largest absolute Gasteiger partial charge is 0.399 e. The quantitative estimate of drug-likeness (QED) is 0.383. The molecule has 122 valence electrons. The Morgan fingerprint density at radius 3 is 2.71 bits per heavy atom. The molecule has 1 amide bonds. The molecule has 1 heterocycles. The van der Waals surface area contributed by atoms with Gasteiger partial charge in [-0.2, -0.15) is 5.10 Å². The van der Waals surface area contributed by atoms with Crippen LogP contribution in [0.2, 0.25) is 0 Å². The van der Waals surface area contributed by atoms with Crippen molar-refractivity contribution in [1.29, 1.82) is 0 Å². The van der Waals surface area contributed by atoms with Gasteiger partial charge in [-0.3, -0.25) is 4.79 Å². The summed E-state index contributed by atoms with van der Waals surface area (Å²) in [5, 5.41) is 5.31. The Labute approximate surface area is 140 Å². The lowest BCUT2D eigenvalue weighted by molar-refractivity contribution is -0.121. The van der Waals surface area contributed by atoms with Crippen molar-refractivity contribution in [3.63, 3.8) is 0 Å². The van der Waals surface area contributed by atoms with Gasteiger partial charge in [-0.1, -0.05) is 30.3 Å². The number of nitrogens with zero attached hydrogens (tertiary/aromatic N) is 1. The number of benzene rings is 2. The van der Waals surface area contributed by atoms with Crippen LogP contribution in [0.5, 0.6) is 0 Å². The van der Waals surface area contributed by atoms with Crippen LogP contribution in [0.1, 0.15) is 24.5 Å². The summed E-state index contributed by atoms with van der Waals surface area (Å²) in [4.78, 5) is 15.2. The standard InChI is InChI=1S/C19H20N4O/c1-13(14-6-9-16(20)10-7-14)22-23-19(24)11-8-15-12-21-18-5-3-2-4-17(15)18/h2-7,9-10,12,21H,8,11,20H2,1H3,(H,23,24). The van der Waals surface area contributed by atoms with E-state index in [4.69, 9.17) is 5.73 Å². The molecule has 5 heteroatoms. The van der Waals surface area contributed by atoms with Crippen molar-refractivity contribution in [2.75, 3.05) is 5.73 Å². The number of carbonyl (C=O) groups excluding carboxylic acids is 1. The lowest BCUT2D eigenvalue weighted by Crippen LogP contribution is -2.19. The molecule has 0 radical (unpaired) electrons. The lowest BCUT2D eigenvalue weighted by Gasteiger charge is -2.03. The van der Waals surface area contributed by atoms with Gasteiger partial charge in [0.2, 0.25) is 5.91 Å². The van der Waals surface area contributed by atoms with Crippen molar-refractivity contribution < 1.29 is 4.79 Å². The Bertz CT molecular complexity index is 878. The van der Waals surface area contributed by atoms with Crippen molar-refractivity contribution in [1.82, 2.24) is 10.4 Å². The van der Waals surface area contributed by atoms with E-state index >= 15 is 0 Å². The molecule has 3 aromatic rings. The van der Waals surface area contributed by atoms with Crippen LogP contribution in [0.3, 0.4) is 0 Å². The number of hydrazone groups is 1. The number of hydrogen-bond donors (Lipinski definition) is 3. The van der Waals surface area contributed by atoms with Crippen molar-refractivity contribution in [2.45, 2.75) is 19.8 Å². The minimum atomic E-state index is -0.102. The van der Waals surface area contributed by atoms with Gasteiger partial charge in [0.05, 0.1) is 5.71 Å². The van der Waals surface area contributed by atoms with Crippen molar-refractivity contribution in [2.24, 2.45) is 5.10 Å². The molecular formula is C19H20N4O. The molecule has 0 atom stereocenters. The van der Waals surface area contributed by atoms with Gasteiger partial charge in [0.25, 0.3) is 0 Å². The number of nitrogens with two attached hydrogens (primary N) is 1. The fourth-order valence-corrected chi connectivity index (χ4v) is 2.58. The molecule has 3 rings (SSSR count). The second kappa shape index (κ2) is 7.00. The van der Waals surface area contributed by atoms with E-state index in [-0.39, 0.29) is 5.91 Å². The van der Waals surface area contributed by atoms with Gasteiger partial charge in [0.15, 0.2) is 0 Å². The highest BCUT2D eigenvalue weighted by molar-refractivity contribution is 5.99. The Morgan fingerprint density at radius 1 is 1.17 bits per heavy atom. The molecule has 0 aliphatic heterocycles. The highest BCUT2D eigenvalue weighted by Gasteiger charge is 2.06. The molecule has 2 aromatic carbocycles. The number of rotatable bonds is 5. The summed E-state index contributed by atoms with van der Waals surface area (Å²) >= 11 is 0. The summed E-state index contributed by atoms with van der Waals surface area (Å²) in [7, 11) is 0. The van der Waals surface area contributed by atoms with Gasteiger partial charge < -0.3 is 10.7 Å². The van der Waals surface area contributed by atoms with Crippen LogP contribution in [-0.4, -0.2) is 16.6 Å². The van der Waals surface area contributed by atoms with E-state index < -0.39 is 0 Å². The predicted molar refractivity (Wildman–Crippen MR) is 97.8 cm³/mol. The minimum Gasteiger partial charge on any atom is -0.399 e. The van der Waals surface area contributed by atoms with Gasteiger partial charge in [-0.05, 0) is 42.7 Å². The number of carbonyl (C=O) groups is 1. The molecule has 0 bridgehead atoms. The number of fused-ring (bicyclic) bond motifs is 1. The minimum absolute atomic E-state index is 0.102. The fourth-order valence-electron chi connectivity index (χ4n) is 2.58. The zero-order valence-corrected chi connectivity index (χ0v) is 13.5. The number of hydrogen-bond acceptors (Lipinski definition) is 3. The molecule has 0 saturated heterocycles. The number of nitrogens with one attached hydrogen (secondary N) is 2. The van der Waals surface area contributed by atoms with Crippen LogP contribution in [0.4, 0.5) is 5.69 Å². The molecule has 0 aliphatic rings. The number of amides is 1. The third-order valence-electron chi connectivity index (χ3n) is 3.97. The number of aryl methyl sites for hydroxylation is 1. The Kier molecular flexibility index (Phi) is 4.61. The smallest absolute Gasteiger partial charge is 0.240 e. The Morgan fingerprint density at radius 2 is 1.92 bits per heavy atom. The van der Waals surface area contributed by atoms with Crippen LogP contribution in [0.25, 0.3) is 10.9 Å². The van der Waals surface area contributed by atoms with Crippen molar-refractivity contribution in [3.05, 3.63) is 65.9 Å². The van der Waals surface area contributed by atoms with E-state index in [0.717, 1.165) is 27.7 Å². The van der Waals surface area contributed by atoms with E-state index in [1.165, 1.54) is 0 Å². The summed E-state index contributed by atoms with van der Waals surface area (Å²) in [5.74, 6) is -0.102. The van der Waals surface area contributed by atoms with Gasteiger partial charge >= 0.3 is 0 Å². The third-order valence-corrected chi connectivity index (χ3v) is 3.97. The molecule has 0 saturated carbocycles. The maximum Gasteiger partial charge on any atom is 0.240 e. The second-order valence-corrected chi connectivity index (χ2v) is 5.71. The highest BCUT2D eigenvalue weighted by atomic mass is 16.2. The number of para-hydroxylation sites is 1. The molecular weight excluding hydrogens is 300 g/mol. The molecule has 0 aliphatic carbocycles. The van der Waals surface area contributed by atoms with E-state index in [2.05, 4.69) is 21.6 Å². The number of aromatic nitrogens is 1. The SMILES string of the molecule is CC(=NNC(=O)CCc1c[nH]c2ccccc12)c1ccc(N)cc1. The zero-order chi connectivity index (χ0) is 16.9. The summed E-state index contributed by atoms with van der Waals surface area (Å²) in [6.07, 6.45) is 3.02. The Hall–Kier alpha value is -3.08. The van der Waals surface area contributed by atoms with E-state index in [0.29, 0.717) is 18.5 Å². The van der Waals surface area contributed by atoms with Gasteiger partial charge in [0, 0.05) is 29.2 Å². The fraction of sp³-hybridized carbons (Fsp3) is 0.158. The van der Waals surface area contributed by atoms with Gasteiger partial charge in [-0.25, -0.2) is 5.43 Å². The Balaban J connectivity index is 1.57. The topological polar surface area (TPSA) is 83.3 Å². The number of aromatic amines is 1. The van der Waals surface area contributed by atoms with Crippen molar-refractivity contribution in [3.8, 4) is 0 Å². The van der Waals surface area contributed by atoms with Gasteiger partial charge in [0.1, 0.15) is 0 Å². The molecule has 0 fully saturated rings. The first kappa shape index (κ1) is 15.8. The van der Waals surface area contributed by atoms with Crippen LogP contribution in [0, 0.1) is 0 Å². The molecule has 5 nitrogen and oxygen atoms in total. The van der Waals surface area contributed by atoms with E-state index in [1.807, 2.05) is 55.6 Å². The first-order valence-corrected chi connectivity index (χ1v) is 7.87. The van der Waals surface area contributed by atoms with Crippen LogP contribution < -0.4 is 11.2 Å². The third kappa shape index (κ3) is 3.63. The van der Waals surface area contributed by atoms with Gasteiger partial charge in [-0.15, -0.1) is 0 Å². The normalized spacial score (nSPS) is 11.6. The molecule has 1 aromatic heterocycles. The summed E-state index contributed by atoms with van der Waals surface area (Å²) < 4.78 is 0. The first-order chi connectivity index (χ1) is 11.6. The summed E-state index contributed by atoms with van der Waals surface area (Å²) in [5.41, 5.74) is 12.9. The second-order valence-electron chi connectivity index (χ2n) is 5.71. The summed E-state index contributed by atoms with van der Waals surface area (Å²) in [6, 6.07) is 15.5. The average molecular weight is 320 g/mol. The van der Waals surface area contributed by atoms with Crippen LogP contribution >= 0.6 is 0 Å². The zero-order valence-electron chi connectivity index (χ0n) is 13.5. The van der Waals surface area contributed by atoms with E-state index in [9.17, 15) is 4.79 Å².